The van der Waals surface area contributed by atoms with Gasteiger partial charge < -0.3 is 14.6 Å². The van der Waals surface area contributed by atoms with Crippen molar-refractivity contribution in [3.63, 3.8) is 0 Å². The van der Waals surface area contributed by atoms with Gasteiger partial charge in [-0.1, -0.05) is 12.1 Å². The van der Waals surface area contributed by atoms with Gasteiger partial charge in [-0.3, -0.25) is 9.20 Å². The molecule has 0 unspecified atom stereocenters. The number of benzene rings is 2. The fourth-order valence-electron chi connectivity index (χ4n) is 2.90. The lowest BCUT2D eigenvalue weighted by Gasteiger charge is -2.16. The van der Waals surface area contributed by atoms with Crippen LogP contribution < -0.4 is 9.47 Å². The number of hydrogen-bond donors (Lipinski definition) is 1. The molecule has 0 aliphatic carbocycles. The van der Waals surface area contributed by atoms with E-state index in [1.54, 1.807) is 28.8 Å². The molecule has 0 aliphatic rings. The van der Waals surface area contributed by atoms with E-state index in [0.29, 0.717) is 17.0 Å². The normalized spacial score (nSPS) is 11.5. The average Bonchev–Trinajstić information content (AvgIpc) is 3.16. The van der Waals surface area contributed by atoms with Crippen molar-refractivity contribution in [2.75, 3.05) is 0 Å². The highest BCUT2D eigenvalue weighted by atomic mass is 19.4. The van der Waals surface area contributed by atoms with Crippen molar-refractivity contribution < 1.29 is 32.5 Å². The SMILES string of the molecule is O=C(O)Cc1cccc(Oc2ccc(Oc3ccn4cnnc4c3)cc2C(F)(F)F)c1. The van der Waals surface area contributed by atoms with Crippen LogP contribution in [-0.4, -0.2) is 25.7 Å². The number of fused-ring (bicyclic) bond motifs is 1. The predicted molar refractivity (Wildman–Crippen MR) is 102 cm³/mol. The predicted octanol–water partition coefficient (Wildman–Crippen LogP) is 4.96. The molecule has 2 aromatic heterocycles. The minimum Gasteiger partial charge on any atom is -0.481 e. The Hall–Kier alpha value is -4.08. The molecule has 0 saturated heterocycles. The number of hydrogen-bond acceptors (Lipinski definition) is 5. The van der Waals surface area contributed by atoms with E-state index in [1.807, 2.05) is 0 Å². The van der Waals surface area contributed by atoms with E-state index in [2.05, 4.69) is 10.2 Å². The van der Waals surface area contributed by atoms with Gasteiger partial charge in [0.1, 0.15) is 34.9 Å². The van der Waals surface area contributed by atoms with Crippen LogP contribution in [0.2, 0.25) is 0 Å². The van der Waals surface area contributed by atoms with Gasteiger partial charge in [-0.25, -0.2) is 0 Å². The molecule has 2 heterocycles. The van der Waals surface area contributed by atoms with Gasteiger partial charge in [-0.2, -0.15) is 13.2 Å². The monoisotopic (exact) mass is 429 g/mol. The molecule has 4 rings (SSSR count). The van der Waals surface area contributed by atoms with E-state index in [-0.39, 0.29) is 17.9 Å². The van der Waals surface area contributed by atoms with Crippen LogP contribution in [0.4, 0.5) is 13.2 Å². The Balaban J connectivity index is 1.62. The van der Waals surface area contributed by atoms with Gasteiger partial charge in [-0.15, -0.1) is 10.2 Å². The summed E-state index contributed by atoms with van der Waals surface area (Å²) in [5, 5.41) is 16.5. The number of nitrogens with zero attached hydrogens (tertiary/aromatic N) is 3. The Morgan fingerprint density at radius 2 is 1.77 bits per heavy atom. The maximum absolute atomic E-state index is 13.7. The number of aromatic nitrogens is 3. The number of carbonyl (C=O) groups is 1. The Labute approximate surface area is 173 Å². The smallest absolute Gasteiger partial charge is 0.420 e. The maximum atomic E-state index is 13.7. The first-order chi connectivity index (χ1) is 14.8. The summed E-state index contributed by atoms with van der Waals surface area (Å²) in [7, 11) is 0. The summed E-state index contributed by atoms with van der Waals surface area (Å²) in [5.41, 5.74) is -0.144. The van der Waals surface area contributed by atoms with E-state index < -0.39 is 23.5 Å². The Kier molecular flexibility index (Phi) is 5.20. The van der Waals surface area contributed by atoms with Crippen molar-refractivity contribution in [3.05, 3.63) is 78.2 Å². The third-order valence-electron chi connectivity index (χ3n) is 4.25. The van der Waals surface area contributed by atoms with Crippen molar-refractivity contribution in [2.24, 2.45) is 0 Å². The highest BCUT2D eigenvalue weighted by Crippen LogP contribution is 2.41. The number of pyridine rings is 1. The number of halogens is 3. The zero-order chi connectivity index (χ0) is 22.0. The molecule has 0 amide bonds. The molecule has 0 bridgehead atoms. The van der Waals surface area contributed by atoms with Crippen LogP contribution in [0.15, 0.2) is 67.1 Å². The molecule has 7 nitrogen and oxygen atoms in total. The van der Waals surface area contributed by atoms with Crippen molar-refractivity contribution in [1.29, 1.82) is 0 Å². The second-order valence-electron chi connectivity index (χ2n) is 6.54. The largest absolute Gasteiger partial charge is 0.481 e. The fourth-order valence-corrected chi connectivity index (χ4v) is 2.90. The molecule has 0 spiro atoms. The minimum atomic E-state index is -4.70. The summed E-state index contributed by atoms with van der Waals surface area (Å²) in [4.78, 5) is 10.9. The van der Waals surface area contributed by atoms with Gasteiger partial charge in [0.05, 0.1) is 6.42 Å². The molecule has 158 valence electrons. The van der Waals surface area contributed by atoms with Gasteiger partial charge in [0.15, 0.2) is 5.65 Å². The van der Waals surface area contributed by atoms with E-state index in [4.69, 9.17) is 14.6 Å². The van der Waals surface area contributed by atoms with E-state index >= 15 is 0 Å². The average molecular weight is 429 g/mol. The number of aliphatic carboxylic acids is 1. The third kappa shape index (κ3) is 4.74. The van der Waals surface area contributed by atoms with Crippen LogP contribution in [0.25, 0.3) is 5.65 Å². The van der Waals surface area contributed by atoms with Crippen molar-refractivity contribution >= 4 is 11.6 Å². The standard InChI is InChI=1S/C21H14F3N3O4/c22-21(23,24)17-10-15(30-16-6-7-27-12-25-26-19(27)11-16)4-5-18(17)31-14-3-1-2-13(8-14)9-20(28)29/h1-8,10-12H,9H2,(H,28,29). The second kappa shape index (κ2) is 7.98. The molecule has 0 saturated carbocycles. The lowest BCUT2D eigenvalue weighted by atomic mass is 10.1. The van der Waals surface area contributed by atoms with E-state index in [0.717, 1.165) is 12.1 Å². The van der Waals surface area contributed by atoms with Crippen LogP contribution in [0.1, 0.15) is 11.1 Å². The first-order valence-corrected chi connectivity index (χ1v) is 8.95. The molecule has 0 atom stereocenters. The van der Waals surface area contributed by atoms with Crippen LogP contribution in [-0.2, 0) is 17.4 Å². The van der Waals surface area contributed by atoms with Crippen molar-refractivity contribution in [3.8, 4) is 23.0 Å². The summed E-state index contributed by atoms with van der Waals surface area (Å²) in [6, 6.07) is 12.3. The molecule has 1 N–H and O–H groups in total. The van der Waals surface area contributed by atoms with E-state index in [1.165, 1.54) is 30.6 Å². The highest BCUT2D eigenvalue weighted by Gasteiger charge is 2.35. The van der Waals surface area contributed by atoms with Crippen LogP contribution in [0.3, 0.4) is 0 Å². The number of alkyl halides is 3. The number of ether oxygens (including phenoxy) is 2. The van der Waals surface area contributed by atoms with Crippen molar-refractivity contribution in [2.45, 2.75) is 12.6 Å². The molecular formula is C21H14F3N3O4. The van der Waals surface area contributed by atoms with Gasteiger partial charge in [-0.05, 0) is 42.0 Å². The van der Waals surface area contributed by atoms with E-state index in [9.17, 15) is 18.0 Å². The molecule has 2 aromatic carbocycles. The lowest BCUT2D eigenvalue weighted by molar-refractivity contribution is -0.138. The lowest BCUT2D eigenvalue weighted by Crippen LogP contribution is -2.07. The first-order valence-electron chi connectivity index (χ1n) is 8.95. The zero-order valence-electron chi connectivity index (χ0n) is 15.7. The second-order valence-corrected chi connectivity index (χ2v) is 6.54. The maximum Gasteiger partial charge on any atom is 0.420 e. The molecule has 4 aromatic rings. The van der Waals surface area contributed by atoms with Gasteiger partial charge in [0, 0.05) is 12.3 Å². The number of rotatable bonds is 6. The summed E-state index contributed by atoms with van der Waals surface area (Å²) in [6.07, 6.45) is -1.87. The Bertz CT molecular complexity index is 1250. The molecule has 0 aliphatic heterocycles. The van der Waals surface area contributed by atoms with Crippen LogP contribution in [0.5, 0.6) is 23.0 Å². The molecule has 0 fully saturated rings. The quantitative estimate of drug-likeness (QED) is 0.466. The molecule has 0 radical (unpaired) electrons. The van der Waals surface area contributed by atoms with Crippen LogP contribution in [0, 0.1) is 0 Å². The summed E-state index contributed by atoms with van der Waals surface area (Å²) in [6.45, 7) is 0. The molecule has 10 heteroatoms. The minimum absolute atomic E-state index is 0.0387. The molecule has 31 heavy (non-hydrogen) atoms. The number of carboxylic acids is 1. The topological polar surface area (TPSA) is 86.0 Å². The first kappa shape index (κ1) is 20.2. The highest BCUT2D eigenvalue weighted by molar-refractivity contribution is 5.70. The molecular weight excluding hydrogens is 415 g/mol. The Morgan fingerprint density at radius 3 is 2.55 bits per heavy atom. The third-order valence-corrected chi connectivity index (χ3v) is 4.25. The summed E-state index contributed by atoms with van der Waals surface area (Å²) < 4.78 is 53.6. The van der Waals surface area contributed by atoms with Gasteiger partial charge in [0.2, 0.25) is 0 Å². The zero-order valence-corrected chi connectivity index (χ0v) is 15.7. The van der Waals surface area contributed by atoms with Gasteiger partial charge >= 0.3 is 12.1 Å². The fraction of sp³-hybridized carbons (Fsp3) is 0.0952. The van der Waals surface area contributed by atoms with Gasteiger partial charge in [0.25, 0.3) is 0 Å². The summed E-state index contributed by atoms with van der Waals surface area (Å²) in [5.74, 6) is -1.14. The van der Waals surface area contributed by atoms with Crippen LogP contribution >= 0.6 is 0 Å². The Morgan fingerprint density at radius 1 is 1.00 bits per heavy atom. The van der Waals surface area contributed by atoms with Crippen molar-refractivity contribution in [1.82, 2.24) is 14.6 Å². The summed E-state index contributed by atoms with van der Waals surface area (Å²) >= 11 is 0. The number of carboxylic acid groups (broad SMARTS) is 1.